The van der Waals surface area contributed by atoms with E-state index in [1.165, 1.54) is 50.8 Å². The van der Waals surface area contributed by atoms with Crippen molar-refractivity contribution in [3.63, 3.8) is 0 Å². The molecule has 0 aliphatic carbocycles. The average molecular weight is 455 g/mol. The van der Waals surface area contributed by atoms with Gasteiger partial charge in [0, 0.05) is 11.5 Å². The fourth-order valence-electron chi connectivity index (χ4n) is 2.92. The van der Waals surface area contributed by atoms with Crippen molar-refractivity contribution < 1.29 is 24.2 Å². The number of hydrogen-bond acceptors (Lipinski definition) is 11. The van der Waals surface area contributed by atoms with Crippen molar-refractivity contribution in [1.29, 1.82) is 0 Å². The van der Waals surface area contributed by atoms with Gasteiger partial charge in [0.05, 0.1) is 11.7 Å². The molecule has 1 fully saturated rings. The molecule has 2 N–H and O–H groups in total. The first kappa shape index (κ1) is 19.8. The SMILES string of the molecule is Cc1nnc(SCC2=C(C(=O)[O-])N3C(=O)C(NC(=O)C[n+]4cnn[nH]4)C3SC2)s1. The minimum absolute atomic E-state index is 0.0828. The van der Waals surface area contributed by atoms with Crippen LogP contribution in [0.2, 0.25) is 0 Å². The number of hydrogen-bond donors (Lipinski definition) is 2. The Balaban J connectivity index is 1.44. The summed E-state index contributed by atoms with van der Waals surface area (Å²) in [5, 5.41) is 32.2. The van der Waals surface area contributed by atoms with Gasteiger partial charge < -0.3 is 15.2 Å². The number of aromatic nitrogens is 6. The number of carbonyl (C=O) groups is 3. The van der Waals surface area contributed by atoms with E-state index < -0.39 is 29.2 Å². The quantitative estimate of drug-likeness (QED) is 0.259. The van der Waals surface area contributed by atoms with E-state index in [2.05, 4.69) is 31.0 Å². The van der Waals surface area contributed by atoms with Crippen molar-refractivity contribution in [2.24, 2.45) is 0 Å². The molecule has 2 amide bonds. The smallest absolute Gasteiger partial charge is 0.288 e. The standard InChI is InChI=1S/C14H14N8O4S3/c1-6-17-18-14(29-6)28-4-7-3-27-12-9(11(24)22(12)10(7)13(25)26)16-8(23)2-21-5-15-19-20-21/h5,9,12H,2-4H2,1H3,(H2,16,23,25,26). The summed E-state index contributed by atoms with van der Waals surface area (Å²) in [7, 11) is 0. The summed E-state index contributed by atoms with van der Waals surface area (Å²) in [6.45, 7) is 1.75. The number of carboxylic acids is 1. The lowest BCUT2D eigenvalue weighted by Crippen LogP contribution is -2.71. The fourth-order valence-corrected chi connectivity index (χ4v) is 6.22. The first-order valence-corrected chi connectivity index (χ1v) is 11.1. The van der Waals surface area contributed by atoms with Gasteiger partial charge in [0.15, 0.2) is 16.1 Å². The Kier molecular flexibility index (Phi) is 5.51. The van der Waals surface area contributed by atoms with Gasteiger partial charge in [0.25, 0.3) is 18.1 Å². The van der Waals surface area contributed by atoms with Crippen LogP contribution in [0.5, 0.6) is 0 Å². The zero-order valence-electron chi connectivity index (χ0n) is 14.9. The molecule has 29 heavy (non-hydrogen) atoms. The third-order valence-corrected chi connectivity index (χ3v) is 7.57. The summed E-state index contributed by atoms with van der Waals surface area (Å²) in [5.41, 5.74) is 0.464. The second-order valence-electron chi connectivity index (χ2n) is 6.13. The van der Waals surface area contributed by atoms with Gasteiger partial charge in [0.1, 0.15) is 21.5 Å². The highest BCUT2D eigenvalue weighted by atomic mass is 32.2. The maximum Gasteiger partial charge on any atom is 0.288 e. The first-order chi connectivity index (χ1) is 13.9. The summed E-state index contributed by atoms with van der Waals surface area (Å²) in [4.78, 5) is 37.6. The van der Waals surface area contributed by atoms with Gasteiger partial charge >= 0.3 is 0 Å². The van der Waals surface area contributed by atoms with Gasteiger partial charge in [0.2, 0.25) is 0 Å². The lowest BCUT2D eigenvalue weighted by Gasteiger charge is -2.50. The van der Waals surface area contributed by atoms with E-state index in [1.54, 1.807) is 0 Å². The van der Waals surface area contributed by atoms with Crippen molar-refractivity contribution in [3.05, 3.63) is 22.6 Å². The second kappa shape index (κ2) is 8.08. The van der Waals surface area contributed by atoms with Crippen LogP contribution in [0, 0.1) is 6.92 Å². The number of nitrogens with zero attached hydrogens (tertiary/aromatic N) is 6. The molecule has 1 saturated heterocycles. The Bertz CT molecular complexity index is 991. The lowest BCUT2D eigenvalue weighted by molar-refractivity contribution is -0.743. The third kappa shape index (κ3) is 3.97. The molecule has 152 valence electrons. The van der Waals surface area contributed by atoms with Gasteiger partial charge in [-0.15, -0.1) is 22.0 Å². The fraction of sp³-hybridized carbons (Fsp3) is 0.429. The number of rotatable bonds is 7. The first-order valence-electron chi connectivity index (χ1n) is 8.30. The molecule has 2 atom stereocenters. The summed E-state index contributed by atoms with van der Waals surface area (Å²) in [6, 6.07) is -0.793. The van der Waals surface area contributed by atoms with Crippen LogP contribution in [0.25, 0.3) is 0 Å². The molecule has 12 nitrogen and oxygen atoms in total. The average Bonchev–Trinajstić information content (AvgIpc) is 3.35. The van der Waals surface area contributed by atoms with E-state index in [-0.39, 0.29) is 12.2 Å². The van der Waals surface area contributed by atoms with Crippen LogP contribution in [0.15, 0.2) is 21.9 Å². The number of amides is 2. The lowest BCUT2D eigenvalue weighted by atomic mass is 10.0. The number of thioether (sulfide) groups is 2. The van der Waals surface area contributed by atoms with Gasteiger partial charge in [-0.3, -0.25) is 14.5 Å². The van der Waals surface area contributed by atoms with Gasteiger partial charge in [-0.25, -0.2) is 0 Å². The van der Waals surface area contributed by atoms with Crippen LogP contribution in [-0.4, -0.2) is 71.3 Å². The maximum absolute atomic E-state index is 12.6. The van der Waals surface area contributed by atoms with Gasteiger partial charge in [-0.1, -0.05) is 28.3 Å². The van der Waals surface area contributed by atoms with E-state index in [0.717, 1.165) is 9.35 Å². The zero-order chi connectivity index (χ0) is 20.5. The topological polar surface area (TPSA) is 161 Å². The van der Waals surface area contributed by atoms with Crippen molar-refractivity contribution in [2.45, 2.75) is 29.2 Å². The number of tetrazole rings is 1. The number of β-lactam (4-membered cyclic amide) rings is 1. The normalized spacial score (nSPS) is 21.0. The maximum atomic E-state index is 12.6. The number of nitrogens with one attached hydrogen (secondary N) is 2. The summed E-state index contributed by atoms with van der Waals surface area (Å²) in [5.74, 6) is -1.52. The van der Waals surface area contributed by atoms with Crippen LogP contribution in [0.1, 0.15) is 5.01 Å². The number of fused-ring (bicyclic) bond motifs is 1. The van der Waals surface area contributed by atoms with Crippen LogP contribution < -0.4 is 15.1 Å². The minimum atomic E-state index is -1.41. The van der Waals surface area contributed by atoms with E-state index in [1.807, 2.05) is 6.92 Å². The molecule has 4 rings (SSSR count). The monoisotopic (exact) mass is 454 g/mol. The van der Waals surface area contributed by atoms with Crippen molar-refractivity contribution in [2.75, 3.05) is 11.5 Å². The third-order valence-electron chi connectivity index (χ3n) is 4.17. The molecule has 0 radical (unpaired) electrons. The Morgan fingerprint density at radius 1 is 1.48 bits per heavy atom. The molecule has 2 aliphatic heterocycles. The second-order valence-corrected chi connectivity index (χ2v) is 9.64. The highest BCUT2D eigenvalue weighted by Gasteiger charge is 2.52. The largest absolute Gasteiger partial charge is 0.543 e. The number of aryl methyl sites for hydroxylation is 1. The van der Waals surface area contributed by atoms with Crippen LogP contribution >= 0.6 is 34.9 Å². The predicted molar refractivity (Wildman–Crippen MR) is 99.0 cm³/mol. The van der Waals surface area contributed by atoms with E-state index in [4.69, 9.17) is 0 Å². The molecule has 0 spiro atoms. The summed E-state index contributed by atoms with van der Waals surface area (Å²) in [6.07, 6.45) is 1.34. The molecule has 2 aliphatic rings. The number of carboxylic acid groups (broad SMARTS) is 1. The Labute approximate surface area is 176 Å². The minimum Gasteiger partial charge on any atom is -0.543 e. The van der Waals surface area contributed by atoms with Crippen molar-refractivity contribution in [1.82, 2.24) is 35.9 Å². The summed E-state index contributed by atoms with van der Waals surface area (Å²) >= 11 is 4.19. The molecule has 2 unspecified atom stereocenters. The number of aliphatic carboxylic acids is 1. The van der Waals surface area contributed by atoms with Crippen molar-refractivity contribution in [3.8, 4) is 0 Å². The number of H-pyrrole nitrogens is 1. The molecular weight excluding hydrogens is 440 g/mol. The number of carbonyl (C=O) groups excluding carboxylic acids is 3. The Morgan fingerprint density at radius 2 is 2.31 bits per heavy atom. The van der Waals surface area contributed by atoms with E-state index >= 15 is 0 Å². The van der Waals surface area contributed by atoms with E-state index in [9.17, 15) is 19.5 Å². The van der Waals surface area contributed by atoms with Crippen LogP contribution in [-0.2, 0) is 20.9 Å². The van der Waals surface area contributed by atoms with Crippen molar-refractivity contribution >= 4 is 52.6 Å². The highest BCUT2D eigenvalue weighted by molar-refractivity contribution is 8.01. The molecule has 2 aromatic heterocycles. The molecule has 0 bridgehead atoms. The molecule has 4 heterocycles. The van der Waals surface area contributed by atoms with Crippen LogP contribution in [0.3, 0.4) is 0 Å². The Hall–Kier alpha value is -2.52. The van der Waals surface area contributed by atoms with Gasteiger partial charge in [-0.2, -0.15) is 4.68 Å². The zero-order valence-corrected chi connectivity index (χ0v) is 17.3. The summed E-state index contributed by atoms with van der Waals surface area (Å²) < 4.78 is 2.08. The van der Waals surface area contributed by atoms with Crippen LogP contribution in [0.4, 0.5) is 0 Å². The molecule has 2 aromatic rings. The predicted octanol–water partition coefficient (Wildman–Crippen LogP) is -2.55. The highest BCUT2D eigenvalue weighted by Crippen LogP contribution is 2.41. The molecular formula is C14H14N8O4S3. The van der Waals surface area contributed by atoms with E-state index in [0.29, 0.717) is 17.1 Å². The molecule has 15 heteroatoms. The number of aromatic amines is 1. The molecule has 0 aromatic carbocycles. The van der Waals surface area contributed by atoms with Gasteiger partial charge in [-0.05, 0) is 12.5 Å². The molecule has 0 saturated carbocycles. The Morgan fingerprint density at radius 3 is 2.97 bits per heavy atom.